The van der Waals surface area contributed by atoms with Crippen molar-refractivity contribution in [2.75, 3.05) is 11.8 Å². The first-order chi connectivity index (χ1) is 9.83. The molecule has 0 aliphatic heterocycles. The quantitative estimate of drug-likeness (QED) is 0.877. The molecule has 1 aromatic carbocycles. The molecule has 0 fully saturated rings. The van der Waals surface area contributed by atoms with E-state index in [1.165, 1.54) is 24.6 Å². The highest BCUT2D eigenvalue weighted by Gasteiger charge is 2.19. The summed E-state index contributed by atoms with van der Waals surface area (Å²) in [5, 5.41) is 10.0. The fourth-order valence-corrected chi connectivity index (χ4v) is 3.67. The molecule has 1 aromatic heterocycles. The van der Waals surface area contributed by atoms with Gasteiger partial charge in [-0.15, -0.1) is 11.3 Å². The Balaban J connectivity index is 2.30. The van der Waals surface area contributed by atoms with Crippen LogP contribution in [0.15, 0.2) is 34.5 Å². The number of thiophene rings is 1. The lowest BCUT2D eigenvalue weighted by atomic mass is 10.3. The highest BCUT2D eigenvalue weighted by atomic mass is 32.2. The van der Waals surface area contributed by atoms with E-state index in [0.717, 1.165) is 23.5 Å². The van der Waals surface area contributed by atoms with Gasteiger partial charge in [0, 0.05) is 11.4 Å². The van der Waals surface area contributed by atoms with Gasteiger partial charge < -0.3 is 9.84 Å². The van der Waals surface area contributed by atoms with Gasteiger partial charge in [-0.1, -0.05) is 0 Å². The highest BCUT2D eigenvalue weighted by Crippen LogP contribution is 2.25. The molecule has 21 heavy (non-hydrogen) atoms. The second-order valence-corrected chi connectivity index (χ2v) is 6.50. The van der Waals surface area contributed by atoms with Crippen LogP contribution in [0.5, 0.6) is 5.75 Å². The monoisotopic (exact) mass is 331 g/mol. The van der Waals surface area contributed by atoms with Crippen LogP contribution in [0.1, 0.15) is 9.67 Å². The molecule has 0 amide bonds. The predicted octanol–water partition coefficient (Wildman–Crippen LogP) is 2.39. The number of carboxylic acids is 1. The minimum Gasteiger partial charge on any atom is -0.494 e. The number of carboxylic acid groups (broad SMARTS) is 1. The van der Waals surface area contributed by atoms with Crippen molar-refractivity contribution >= 4 is 33.0 Å². The summed E-state index contributed by atoms with van der Waals surface area (Å²) < 4.78 is 44.4. The Morgan fingerprint density at radius 2 is 2.10 bits per heavy atom. The van der Waals surface area contributed by atoms with Gasteiger partial charge >= 0.3 is 5.97 Å². The van der Waals surface area contributed by atoms with Crippen molar-refractivity contribution in [1.82, 2.24) is 0 Å². The average molecular weight is 331 g/mol. The molecule has 9 heteroatoms. The van der Waals surface area contributed by atoms with Crippen LogP contribution in [0.4, 0.5) is 10.1 Å². The number of anilines is 1. The molecule has 0 saturated heterocycles. The number of benzene rings is 1. The summed E-state index contributed by atoms with van der Waals surface area (Å²) in [5.41, 5.74) is 0.108. The van der Waals surface area contributed by atoms with Crippen LogP contribution < -0.4 is 9.46 Å². The van der Waals surface area contributed by atoms with E-state index in [0.29, 0.717) is 0 Å². The summed E-state index contributed by atoms with van der Waals surface area (Å²) in [5.74, 6) is -1.93. The highest BCUT2D eigenvalue weighted by molar-refractivity contribution is 7.92. The van der Waals surface area contributed by atoms with Crippen molar-refractivity contribution in [3.63, 3.8) is 0 Å². The summed E-state index contributed by atoms with van der Waals surface area (Å²) >= 11 is 0.802. The van der Waals surface area contributed by atoms with Gasteiger partial charge in [0.2, 0.25) is 0 Å². The smallest absolute Gasteiger partial charge is 0.345 e. The fourth-order valence-electron chi connectivity index (χ4n) is 1.51. The van der Waals surface area contributed by atoms with E-state index < -0.39 is 21.8 Å². The molecule has 1 heterocycles. The van der Waals surface area contributed by atoms with Crippen molar-refractivity contribution in [3.05, 3.63) is 40.3 Å². The maximum Gasteiger partial charge on any atom is 0.345 e. The van der Waals surface area contributed by atoms with E-state index in [2.05, 4.69) is 4.72 Å². The molecule has 0 bridgehead atoms. The number of methoxy groups -OCH3 is 1. The first-order valence-electron chi connectivity index (χ1n) is 5.51. The van der Waals surface area contributed by atoms with Crippen molar-refractivity contribution in [1.29, 1.82) is 0 Å². The molecule has 0 spiro atoms. The molecule has 0 aliphatic carbocycles. The van der Waals surface area contributed by atoms with Crippen LogP contribution >= 0.6 is 11.3 Å². The van der Waals surface area contributed by atoms with Crippen LogP contribution in [0.3, 0.4) is 0 Å². The van der Waals surface area contributed by atoms with Crippen molar-refractivity contribution in [2.24, 2.45) is 0 Å². The van der Waals surface area contributed by atoms with Gasteiger partial charge in [-0.25, -0.2) is 17.6 Å². The Labute approximate surface area is 123 Å². The van der Waals surface area contributed by atoms with Gasteiger partial charge in [-0.05, 0) is 18.2 Å². The normalized spacial score (nSPS) is 11.1. The van der Waals surface area contributed by atoms with E-state index in [4.69, 9.17) is 9.84 Å². The first kappa shape index (κ1) is 15.3. The third-order valence-electron chi connectivity index (χ3n) is 2.50. The van der Waals surface area contributed by atoms with Gasteiger partial charge in [0.25, 0.3) is 10.0 Å². The minimum atomic E-state index is -3.94. The molecule has 0 aliphatic rings. The second kappa shape index (κ2) is 5.70. The summed E-state index contributed by atoms with van der Waals surface area (Å²) in [6, 6.07) is 4.54. The number of hydrogen-bond donors (Lipinski definition) is 2. The van der Waals surface area contributed by atoms with Gasteiger partial charge in [0.15, 0.2) is 11.6 Å². The number of rotatable bonds is 5. The van der Waals surface area contributed by atoms with Gasteiger partial charge in [-0.2, -0.15) is 0 Å². The molecule has 2 N–H and O–H groups in total. The van der Waals surface area contributed by atoms with Crippen molar-refractivity contribution < 1.29 is 27.4 Å². The fraction of sp³-hybridized carbons (Fsp3) is 0.0833. The number of nitrogens with one attached hydrogen (secondary N) is 1. The van der Waals surface area contributed by atoms with E-state index in [1.54, 1.807) is 0 Å². The van der Waals surface area contributed by atoms with E-state index >= 15 is 0 Å². The number of hydrogen-bond acceptors (Lipinski definition) is 5. The standard InChI is InChI=1S/C12H10FNO5S2/c1-19-10-4-7(2-3-9(10)13)14-21(17,18)8-5-11(12(15)16)20-6-8/h2-6,14H,1H3,(H,15,16). The Morgan fingerprint density at radius 3 is 2.67 bits per heavy atom. The maximum absolute atomic E-state index is 13.3. The van der Waals surface area contributed by atoms with Crippen LogP contribution in [0, 0.1) is 5.82 Å². The summed E-state index contributed by atoms with van der Waals surface area (Å²) in [6.07, 6.45) is 0. The lowest BCUT2D eigenvalue weighted by molar-refractivity contribution is 0.0702. The summed E-state index contributed by atoms with van der Waals surface area (Å²) in [6.45, 7) is 0. The Kier molecular flexibility index (Phi) is 4.14. The largest absolute Gasteiger partial charge is 0.494 e. The van der Waals surface area contributed by atoms with E-state index in [9.17, 15) is 17.6 Å². The third-order valence-corrected chi connectivity index (χ3v) is 4.93. The first-order valence-corrected chi connectivity index (χ1v) is 7.88. The summed E-state index contributed by atoms with van der Waals surface area (Å²) in [4.78, 5) is 10.5. The SMILES string of the molecule is COc1cc(NS(=O)(=O)c2csc(C(=O)O)c2)ccc1F. The molecule has 0 radical (unpaired) electrons. The third kappa shape index (κ3) is 3.31. The lowest BCUT2D eigenvalue weighted by Crippen LogP contribution is -2.12. The number of sulfonamides is 1. The minimum absolute atomic E-state index is 0.0907. The Hall–Kier alpha value is -2.13. The van der Waals surface area contributed by atoms with Crippen molar-refractivity contribution in [3.8, 4) is 5.75 Å². The molecule has 0 unspecified atom stereocenters. The Morgan fingerprint density at radius 1 is 1.38 bits per heavy atom. The van der Waals surface area contributed by atoms with Crippen molar-refractivity contribution in [2.45, 2.75) is 4.90 Å². The molecule has 6 nitrogen and oxygen atoms in total. The zero-order valence-corrected chi connectivity index (χ0v) is 12.3. The number of ether oxygens (including phenoxy) is 1. The topological polar surface area (TPSA) is 92.7 Å². The van der Waals surface area contributed by atoms with Gasteiger partial charge in [0.1, 0.15) is 4.88 Å². The van der Waals surface area contributed by atoms with E-state index in [-0.39, 0.29) is 21.2 Å². The van der Waals surface area contributed by atoms with E-state index in [1.807, 2.05) is 0 Å². The van der Waals surface area contributed by atoms with Crippen LogP contribution in [0.2, 0.25) is 0 Å². The molecule has 0 saturated carbocycles. The number of halogens is 1. The van der Waals surface area contributed by atoms with Crippen LogP contribution in [-0.4, -0.2) is 26.6 Å². The van der Waals surface area contributed by atoms with Crippen LogP contribution in [0.25, 0.3) is 0 Å². The number of aromatic carboxylic acids is 1. The van der Waals surface area contributed by atoms with Gasteiger partial charge in [-0.3, -0.25) is 4.72 Å². The summed E-state index contributed by atoms with van der Waals surface area (Å²) in [7, 11) is -2.69. The zero-order valence-electron chi connectivity index (χ0n) is 10.7. The second-order valence-electron chi connectivity index (χ2n) is 3.91. The average Bonchev–Trinajstić information content (AvgIpc) is 2.91. The molecule has 2 rings (SSSR count). The van der Waals surface area contributed by atoms with Gasteiger partial charge in [0.05, 0.1) is 17.7 Å². The Bertz CT molecular complexity index is 785. The molecule has 112 valence electrons. The predicted molar refractivity (Wildman–Crippen MR) is 75.0 cm³/mol. The maximum atomic E-state index is 13.3. The molecule has 2 aromatic rings. The number of carbonyl (C=O) groups is 1. The molecular formula is C12H10FNO5S2. The van der Waals surface area contributed by atoms with Crippen LogP contribution in [-0.2, 0) is 10.0 Å². The zero-order chi connectivity index (χ0) is 15.6. The lowest BCUT2D eigenvalue weighted by Gasteiger charge is -2.08. The molecule has 0 atom stereocenters. The molecular weight excluding hydrogens is 321 g/mol.